The van der Waals surface area contributed by atoms with Crippen LogP contribution in [0.5, 0.6) is 5.88 Å². The molecule has 2 heterocycles. The summed E-state index contributed by atoms with van der Waals surface area (Å²) in [5.74, 6) is 3.97. The smallest absolute Gasteiger partial charge is 0.218 e. The molecule has 1 aliphatic carbocycles. The van der Waals surface area contributed by atoms with E-state index in [-0.39, 0.29) is 0 Å². The van der Waals surface area contributed by atoms with E-state index in [2.05, 4.69) is 14.9 Å². The van der Waals surface area contributed by atoms with Crippen LogP contribution in [0, 0.1) is 18.8 Å². The number of ether oxygens (including phenoxy) is 1. The van der Waals surface area contributed by atoms with Gasteiger partial charge in [0.1, 0.15) is 11.6 Å². The highest BCUT2D eigenvalue weighted by atomic mass is 16.5. The summed E-state index contributed by atoms with van der Waals surface area (Å²) < 4.78 is 5.52. The number of nitrogens with zero attached hydrogens (tertiary/aromatic N) is 3. The second-order valence-corrected chi connectivity index (χ2v) is 6.04. The molecule has 5 nitrogen and oxygen atoms in total. The molecule has 3 atom stereocenters. The van der Waals surface area contributed by atoms with Crippen molar-refractivity contribution in [2.24, 2.45) is 17.6 Å². The average molecular weight is 276 g/mol. The minimum atomic E-state index is 0.391. The molecule has 0 bridgehead atoms. The van der Waals surface area contributed by atoms with Gasteiger partial charge < -0.3 is 15.4 Å². The summed E-state index contributed by atoms with van der Waals surface area (Å²) in [5, 5.41) is 0. The number of aromatic nitrogens is 2. The molecule has 0 spiro atoms. The second-order valence-electron chi connectivity index (χ2n) is 6.04. The topological polar surface area (TPSA) is 64.3 Å². The maximum absolute atomic E-state index is 6.10. The molecule has 0 amide bonds. The summed E-state index contributed by atoms with van der Waals surface area (Å²) in [6.07, 6.45) is 3.58. The SMILES string of the molecule is CCOc1cc(N2C[C@H]3CCC(N)C[C@H]3C2)nc(C)n1. The summed E-state index contributed by atoms with van der Waals surface area (Å²) in [6.45, 7) is 6.70. The molecule has 1 aromatic rings. The van der Waals surface area contributed by atoms with Crippen molar-refractivity contribution in [1.82, 2.24) is 9.97 Å². The van der Waals surface area contributed by atoms with E-state index in [0.29, 0.717) is 18.5 Å². The van der Waals surface area contributed by atoms with Gasteiger partial charge in [-0.1, -0.05) is 0 Å². The van der Waals surface area contributed by atoms with Crippen molar-refractivity contribution in [3.63, 3.8) is 0 Å². The van der Waals surface area contributed by atoms with Crippen molar-refractivity contribution in [2.75, 3.05) is 24.6 Å². The highest BCUT2D eigenvalue weighted by Crippen LogP contribution is 2.37. The quantitative estimate of drug-likeness (QED) is 0.911. The first-order valence-electron chi connectivity index (χ1n) is 7.64. The Morgan fingerprint density at radius 1 is 1.30 bits per heavy atom. The van der Waals surface area contributed by atoms with E-state index < -0.39 is 0 Å². The number of nitrogens with two attached hydrogens (primary N) is 1. The summed E-state index contributed by atoms with van der Waals surface area (Å²) in [6, 6.07) is 2.36. The predicted molar refractivity (Wildman–Crippen MR) is 79.0 cm³/mol. The Kier molecular flexibility index (Phi) is 3.78. The standard InChI is InChI=1S/C15H24N4O/c1-3-20-15-7-14(17-10(2)18-15)19-8-11-4-5-13(16)6-12(11)9-19/h7,11-13H,3-6,8-9,16H2,1-2H3/t11-,12+,13?/m1/s1. The molecule has 2 N–H and O–H groups in total. The van der Waals surface area contributed by atoms with Crippen LogP contribution in [0.3, 0.4) is 0 Å². The summed E-state index contributed by atoms with van der Waals surface area (Å²) >= 11 is 0. The van der Waals surface area contributed by atoms with Crippen molar-refractivity contribution in [1.29, 1.82) is 0 Å². The van der Waals surface area contributed by atoms with Gasteiger partial charge in [-0.3, -0.25) is 0 Å². The molecule has 1 aromatic heterocycles. The molecule has 2 aliphatic rings. The number of aryl methyl sites for hydroxylation is 1. The minimum absolute atomic E-state index is 0.391. The largest absolute Gasteiger partial charge is 0.478 e. The number of hydrogen-bond acceptors (Lipinski definition) is 5. The molecule has 5 heteroatoms. The van der Waals surface area contributed by atoms with Gasteiger partial charge in [-0.05, 0) is 44.9 Å². The van der Waals surface area contributed by atoms with Crippen molar-refractivity contribution in [2.45, 2.75) is 39.2 Å². The fourth-order valence-corrected chi connectivity index (χ4v) is 3.56. The van der Waals surface area contributed by atoms with E-state index in [1.54, 1.807) is 0 Å². The van der Waals surface area contributed by atoms with Gasteiger partial charge in [0.2, 0.25) is 5.88 Å². The second kappa shape index (κ2) is 5.56. The Morgan fingerprint density at radius 3 is 2.90 bits per heavy atom. The molecule has 1 unspecified atom stereocenters. The van der Waals surface area contributed by atoms with Gasteiger partial charge >= 0.3 is 0 Å². The first-order valence-corrected chi connectivity index (χ1v) is 7.64. The van der Waals surface area contributed by atoms with Crippen LogP contribution in [0.15, 0.2) is 6.07 Å². The Hall–Kier alpha value is -1.36. The summed E-state index contributed by atoms with van der Waals surface area (Å²) in [7, 11) is 0. The minimum Gasteiger partial charge on any atom is -0.478 e. The number of fused-ring (bicyclic) bond motifs is 1. The van der Waals surface area contributed by atoms with Crippen LogP contribution in [0.2, 0.25) is 0 Å². The average Bonchev–Trinajstić information content (AvgIpc) is 2.81. The van der Waals surface area contributed by atoms with E-state index in [1.807, 2.05) is 19.9 Å². The lowest BCUT2D eigenvalue weighted by Gasteiger charge is -2.27. The maximum Gasteiger partial charge on any atom is 0.218 e. The zero-order chi connectivity index (χ0) is 14.1. The van der Waals surface area contributed by atoms with Gasteiger partial charge in [0.25, 0.3) is 0 Å². The van der Waals surface area contributed by atoms with Gasteiger partial charge in [-0.15, -0.1) is 0 Å². The summed E-state index contributed by atoms with van der Waals surface area (Å²) in [5.41, 5.74) is 6.10. The predicted octanol–water partition coefficient (Wildman–Crippen LogP) is 1.75. The molecule has 0 radical (unpaired) electrons. The van der Waals surface area contributed by atoms with E-state index in [0.717, 1.165) is 43.0 Å². The van der Waals surface area contributed by atoms with Crippen LogP contribution in [-0.2, 0) is 0 Å². The van der Waals surface area contributed by atoms with Crippen LogP contribution in [0.1, 0.15) is 32.0 Å². The van der Waals surface area contributed by atoms with Crippen LogP contribution in [0.25, 0.3) is 0 Å². The molecule has 110 valence electrons. The van der Waals surface area contributed by atoms with E-state index >= 15 is 0 Å². The molecule has 2 fully saturated rings. The van der Waals surface area contributed by atoms with Crippen LogP contribution >= 0.6 is 0 Å². The molecule has 0 aromatic carbocycles. The van der Waals surface area contributed by atoms with E-state index in [4.69, 9.17) is 10.5 Å². The Bertz CT molecular complexity index is 479. The van der Waals surface area contributed by atoms with Crippen LogP contribution < -0.4 is 15.4 Å². The molecule has 1 aliphatic heterocycles. The van der Waals surface area contributed by atoms with Crippen molar-refractivity contribution >= 4 is 5.82 Å². The third-order valence-electron chi connectivity index (χ3n) is 4.51. The maximum atomic E-state index is 6.10. The molecule has 20 heavy (non-hydrogen) atoms. The van der Waals surface area contributed by atoms with Crippen LogP contribution in [-0.4, -0.2) is 35.7 Å². The first-order chi connectivity index (χ1) is 9.65. The fourth-order valence-electron chi connectivity index (χ4n) is 3.56. The van der Waals surface area contributed by atoms with Crippen LogP contribution in [0.4, 0.5) is 5.82 Å². The Morgan fingerprint density at radius 2 is 2.10 bits per heavy atom. The lowest BCUT2D eigenvalue weighted by atomic mass is 9.79. The molecule has 1 saturated heterocycles. The third-order valence-corrected chi connectivity index (χ3v) is 4.51. The highest BCUT2D eigenvalue weighted by molar-refractivity contribution is 5.43. The zero-order valence-electron chi connectivity index (χ0n) is 12.4. The monoisotopic (exact) mass is 276 g/mol. The zero-order valence-corrected chi connectivity index (χ0v) is 12.4. The van der Waals surface area contributed by atoms with Crippen molar-refractivity contribution in [3.8, 4) is 5.88 Å². The number of anilines is 1. The van der Waals surface area contributed by atoms with Crippen molar-refractivity contribution in [3.05, 3.63) is 11.9 Å². The normalized spacial score (nSPS) is 29.4. The van der Waals surface area contributed by atoms with E-state index in [9.17, 15) is 0 Å². The summed E-state index contributed by atoms with van der Waals surface area (Å²) in [4.78, 5) is 11.3. The van der Waals surface area contributed by atoms with Crippen molar-refractivity contribution < 1.29 is 4.74 Å². The molecular formula is C15H24N4O. The Balaban J connectivity index is 1.77. The molecule has 1 saturated carbocycles. The van der Waals surface area contributed by atoms with E-state index in [1.165, 1.54) is 12.8 Å². The molecular weight excluding hydrogens is 252 g/mol. The van der Waals surface area contributed by atoms with Gasteiger partial charge in [0.15, 0.2) is 0 Å². The lowest BCUT2D eigenvalue weighted by Crippen LogP contribution is -2.32. The third kappa shape index (κ3) is 2.73. The number of rotatable bonds is 3. The van der Waals surface area contributed by atoms with Gasteiger partial charge in [-0.2, -0.15) is 4.98 Å². The fraction of sp³-hybridized carbons (Fsp3) is 0.733. The first kappa shape index (κ1) is 13.6. The van der Waals surface area contributed by atoms with Gasteiger partial charge in [-0.25, -0.2) is 4.98 Å². The van der Waals surface area contributed by atoms with Gasteiger partial charge in [0.05, 0.1) is 6.61 Å². The van der Waals surface area contributed by atoms with Gasteiger partial charge in [0, 0.05) is 25.2 Å². The highest BCUT2D eigenvalue weighted by Gasteiger charge is 2.37. The molecule has 3 rings (SSSR count). The lowest BCUT2D eigenvalue weighted by molar-refractivity contribution is 0.271. The number of hydrogen-bond donors (Lipinski definition) is 1. The Labute approximate surface area is 120 Å².